The maximum Gasteiger partial charge on any atom is 0.0726 e. The molecular weight excluding hydrogens is 647 g/mol. The van der Waals surface area contributed by atoms with Gasteiger partial charge in [0.05, 0.1) is 15.7 Å². The summed E-state index contributed by atoms with van der Waals surface area (Å²) < 4.78 is 5.20. The van der Waals surface area contributed by atoms with Crippen molar-refractivity contribution in [2.24, 2.45) is 0 Å². The summed E-state index contributed by atoms with van der Waals surface area (Å²) in [4.78, 5) is 0. The Labute approximate surface area is 303 Å². The van der Waals surface area contributed by atoms with Crippen molar-refractivity contribution in [1.82, 2.24) is 4.57 Å². The monoisotopic (exact) mass is 675 g/mol. The lowest BCUT2D eigenvalue weighted by Crippen LogP contribution is -1.95. The van der Waals surface area contributed by atoms with Crippen molar-refractivity contribution in [3.05, 3.63) is 176 Å². The van der Waals surface area contributed by atoms with Crippen molar-refractivity contribution in [2.75, 3.05) is 0 Å². The SMILES string of the molecule is c1cc(-c2ccc3c(ccc4ccccc43)c2)cc(-n2c3ccccc3c3c4c5ccccc5c5ccccc5c4c4c5ccccc5sc4c32)c1. The van der Waals surface area contributed by atoms with E-state index in [1.54, 1.807) is 0 Å². The summed E-state index contributed by atoms with van der Waals surface area (Å²) in [5, 5.41) is 18.3. The lowest BCUT2D eigenvalue weighted by atomic mass is 9.89. The van der Waals surface area contributed by atoms with Gasteiger partial charge in [0.25, 0.3) is 0 Å². The highest BCUT2D eigenvalue weighted by Crippen LogP contribution is 2.51. The number of hydrogen-bond donors (Lipinski definition) is 0. The second kappa shape index (κ2) is 10.5. The summed E-state index contributed by atoms with van der Waals surface area (Å²) in [7, 11) is 0. The predicted molar refractivity (Wildman–Crippen MR) is 227 cm³/mol. The highest BCUT2D eigenvalue weighted by atomic mass is 32.1. The molecule has 0 bridgehead atoms. The number of fused-ring (bicyclic) bond motifs is 18. The molecule has 12 aromatic rings. The Morgan fingerprint density at radius 2 is 0.942 bits per heavy atom. The smallest absolute Gasteiger partial charge is 0.0726 e. The maximum absolute atomic E-state index is 2.55. The minimum absolute atomic E-state index is 1.17. The number of thiophene rings is 1. The zero-order valence-corrected chi connectivity index (χ0v) is 28.9. The van der Waals surface area contributed by atoms with E-state index in [0.29, 0.717) is 0 Å². The van der Waals surface area contributed by atoms with E-state index >= 15 is 0 Å². The van der Waals surface area contributed by atoms with Crippen LogP contribution in [0.15, 0.2) is 176 Å². The summed E-state index contributed by atoms with van der Waals surface area (Å²) in [6.45, 7) is 0. The number of benzene rings is 10. The van der Waals surface area contributed by atoms with Crippen molar-refractivity contribution in [3.8, 4) is 16.8 Å². The van der Waals surface area contributed by atoms with E-state index in [-0.39, 0.29) is 0 Å². The van der Waals surface area contributed by atoms with Crippen molar-refractivity contribution in [1.29, 1.82) is 0 Å². The fraction of sp³-hybridized carbons (Fsp3) is 0. The van der Waals surface area contributed by atoms with Crippen LogP contribution in [0.25, 0.3) is 113 Å². The second-order valence-electron chi connectivity index (χ2n) is 14.0. The molecule has 0 saturated carbocycles. The summed E-state index contributed by atoms with van der Waals surface area (Å²) in [6.07, 6.45) is 0. The van der Waals surface area contributed by atoms with Gasteiger partial charge in [-0.05, 0) is 84.5 Å². The number of nitrogens with zero attached hydrogens (tertiary/aromatic N) is 1. The molecule has 0 radical (unpaired) electrons. The molecule has 52 heavy (non-hydrogen) atoms. The van der Waals surface area contributed by atoms with E-state index in [0.717, 1.165) is 0 Å². The van der Waals surface area contributed by atoms with Gasteiger partial charge in [0, 0.05) is 42.7 Å². The number of aromatic nitrogens is 1. The van der Waals surface area contributed by atoms with Crippen LogP contribution in [0.3, 0.4) is 0 Å². The average Bonchev–Trinajstić information content (AvgIpc) is 3.77. The first-order valence-electron chi connectivity index (χ1n) is 17.9. The molecule has 0 spiro atoms. The molecule has 0 amide bonds. The van der Waals surface area contributed by atoms with E-state index in [9.17, 15) is 0 Å². The molecule has 0 fully saturated rings. The summed E-state index contributed by atoms with van der Waals surface area (Å²) in [6, 6.07) is 65.3. The molecule has 0 aliphatic carbocycles. The van der Waals surface area contributed by atoms with Crippen molar-refractivity contribution in [3.63, 3.8) is 0 Å². The van der Waals surface area contributed by atoms with Crippen LogP contribution >= 0.6 is 11.3 Å². The molecule has 240 valence electrons. The highest BCUT2D eigenvalue weighted by molar-refractivity contribution is 7.27. The first-order chi connectivity index (χ1) is 25.8. The lowest BCUT2D eigenvalue weighted by molar-refractivity contribution is 1.19. The molecule has 0 saturated heterocycles. The van der Waals surface area contributed by atoms with E-state index < -0.39 is 0 Å². The van der Waals surface area contributed by atoms with Crippen LogP contribution in [-0.4, -0.2) is 4.57 Å². The standard InChI is InChI=1S/C50H29NS/c1-2-15-35-30(12-1)24-25-33-28-32(26-27-36(33)35)31-13-11-14-34(29-31)51-43-22-9-7-20-41(43)47-45-39-18-5-3-16-37(39)38-17-4-6-19-40(38)46(45)48-42-21-8-10-23-44(42)52-50(48)49(47)51/h1-29H. The third-order valence-electron chi connectivity index (χ3n) is 11.3. The van der Waals surface area contributed by atoms with Crippen LogP contribution in [0.5, 0.6) is 0 Å². The fourth-order valence-corrected chi connectivity index (χ4v) is 10.4. The molecule has 2 aromatic heterocycles. The molecule has 0 N–H and O–H groups in total. The zero-order valence-electron chi connectivity index (χ0n) is 28.1. The Hall–Kier alpha value is -6.48. The van der Waals surface area contributed by atoms with Gasteiger partial charge in [-0.2, -0.15) is 0 Å². The topological polar surface area (TPSA) is 4.93 Å². The van der Waals surface area contributed by atoms with Crippen molar-refractivity contribution >= 4 is 107 Å². The first kappa shape index (κ1) is 28.2. The molecule has 1 nitrogen and oxygen atoms in total. The van der Waals surface area contributed by atoms with Gasteiger partial charge in [-0.3, -0.25) is 0 Å². The van der Waals surface area contributed by atoms with Crippen molar-refractivity contribution in [2.45, 2.75) is 0 Å². The second-order valence-corrected chi connectivity index (χ2v) is 15.0. The van der Waals surface area contributed by atoms with Crippen LogP contribution in [0, 0.1) is 0 Å². The quantitative estimate of drug-likeness (QED) is 0.161. The van der Waals surface area contributed by atoms with Crippen LogP contribution in [0.4, 0.5) is 0 Å². The summed E-state index contributed by atoms with van der Waals surface area (Å²) in [5.74, 6) is 0. The lowest BCUT2D eigenvalue weighted by Gasteiger charge is -2.15. The largest absolute Gasteiger partial charge is 0.308 e. The third-order valence-corrected chi connectivity index (χ3v) is 12.5. The van der Waals surface area contributed by atoms with E-state index in [1.807, 2.05) is 11.3 Å². The molecule has 0 unspecified atom stereocenters. The van der Waals surface area contributed by atoms with E-state index in [1.165, 1.54) is 113 Å². The minimum Gasteiger partial charge on any atom is -0.308 e. The van der Waals surface area contributed by atoms with Gasteiger partial charge in [-0.1, -0.05) is 146 Å². The Morgan fingerprint density at radius 3 is 1.75 bits per heavy atom. The Balaban J connectivity index is 1.24. The first-order valence-corrected chi connectivity index (χ1v) is 18.8. The van der Waals surface area contributed by atoms with Crippen LogP contribution in [-0.2, 0) is 0 Å². The summed E-state index contributed by atoms with van der Waals surface area (Å²) in [5.41, 5.74) is 6.12. The van der Waals surface area contributed by atoms with Gasteiger partial charge in [0.15, 0.2) is 0 Å². The third kappa shape index (κ3) is 3.77. The Kier molecular flexibility index (Phi) is 5.71. The predicted octanol–water partition coefficient (Wildman–Crippen LogP) is 14.6. The fourth-order valence-electron chi connectivity index (χ4n) is 9.11. The van der Waals surface area contributed by atoms with Gasteiger partial charge in [0.2, 0.25) is 0 Å². The normalized spacial score (nSPS) is 12.2. The minimum atomic E-state index is 1.17. The molecule has 0 aliphatic rings. The molecule has 0 atom stereocenters. The molecule has 0 aliphatic heterocycles. The highest BCUT2D eigenvalue weighted by Gasteiger charge is 2.24. The molecule has 12 rings (SSSR count). The maximum atomic E-state index is 2.55. The van der Waals surface area contributed by atoms with Gasteiger partial charge < -0.3 is 4.57 Å². The molecule has 10 aromatic carbocycles. The number of hydrogen-bond acceptors (Lipinski definition) is 1. The number of rotatable bonds is 2. The Bertz CT molecular complexity index is 3470. The average molecular weight is 676 g/mol. The van der Waals surface area contributed by atoms with Crippen LogP contribution in [0.2, 0.25) is 0 Å². The zero-order chi connectivity index (χ0) is 33.9. The van der Waals surface area contributed by atoms with Gasteiger partial charge in [-0.25, -0.2) is 0 Å². The Morgan fingerprint density at radius 1 is 0.346 bits per heavy atom. The molecule has 2 heterocycles. The van der Waals surface area contributed by atoms with Gasteiger partial charge in [-0.15, -0.1) is 11.3 Å². The van der Waals surface area contributed by atoms with E-state index in [4.69, 9.17) is 0 Å². The summed E-state index contributed by atoms with van der Waals surface area (Å²) >= 11 is 1.93. The van der Waals surface area contributed by atoms with Crippen molar-refractivity contribution < 1.29 is 0 Å². The van der Waals surface area contributed by atoms with E-state index in [2.05, 4.69) is 180 Å². The van der Waals surface area contributed by atoms with Crippen LogP contribution in [0.1, 0.15) is 0 Å². The number of para-hydroxylation sites is 1. The van der Waals surface area contributed by atoms with Gasteiger partial charge >= 0.3 is 0 Å². The van der Waals surface area contributed by atoms with Crippen LogP contribution < -0.4 is 0 Å². The molecule has 2 heteroatoms. The molecular formula is C50H29NS. The van der Waals surface area contributed by atoms with Gasteiger partial charge in [0.1, 0.15) is 0 Å².